The van der Waals surface area contributed by atoms with Gasteiger partial charge in [0.15, 0.2) is 0 Å². The van der Waals surface area contributed by atoms with E-state index >= 15 is 0 Å². The second-order valence-corrected chi connectivity index (χ2v) is 6.31. The summed E-state index contributed by atoms with van der Waals surface area (Å²) in [5, 5.41) is 9.84. The fraction of sp³-hybridized carbons (Fsp3) is 0.562. The number of nitrogens with zero attached hydrogens (tertiary/aromatic N) is 2. The van der Waals surface area contributed by atoms with Crippen molar-refractivity contribution >= 4 is 23.2 Å². The molecule has 2 aliphatic heterocycles. The smallest absolute Gasteiger partial charge is 0.244 e. The molecule has 2 aliphatic rings. The Kier molecular flexibility index (Phi) is 4.48. The molecule has 0 bridgehead atoms. The molecule has 1 N–H and O–H groups in total. The third kappa shape index (κ3) is 2.93. The zero-order chi connectivity index (χ0) is 14.8. The van der Waals surface area contributed by atoms with Crippen LogP contribution in [0.5, 0.6) is 0 Å². The van der Waals surface area contributed by atoms with Gasteiger partial charge in [0.2, 0.25) is 5.91 Å². The summed E-state index contributed by atoms with van der Waals surface area (Å²) in [6, 6.07) is 7.49. The zero-order valence-corrected chi connectivity index (χ0v) is 12.8. The van der Waals surface area contributed by atoms with Gasteiger partial charge in [0.1, 0.15) is 0 Å². The minimum absolute atomic E-state index is 0.0269. The Morgan fingerprint density at radius 3 is 2.52 bits per heavy atom. The molecule has 0 radical (unpaired) electrons. The van der Waals surface area contributed by atoms with Gasteiger partial charge in [-0.1, -0.05) is 23.7 Å². The van der Waals surface area contributed by atoms with Crippen LogP contribution in [0.1, 0.15) is 19.3 Å². The van der Waals surface area contributed by atoms with Crippen LogP contribution in [-0.2, 0) is 4.79 Å². The second kappa shape index (κ2) is 6.34. The molecular formula is C16H21ClN2O2. The summed E-state index contributed by atoms with van der Waals surface area (Å²) in [7, 11) is 0. The number of halogens is 1. The zero-order valence-electron chi connectivity index (χ0n) is 12.0. The maximum atomic E-state index is 12.7. The van der Waals surface area contributed by atoms with E-state index in [4.69, 9.17) is 11.6 Å². The third-order valence-corrected chi connectivity index (χ3v) is 4.99. The number of hydrogen-bond donors (Lipinski definition) is 1. The van der Waals surface area contributed by atoms with Crippen LogP contribution in [0.15, 0.2) is 24.3 Å². The molecule has 114 valence electrons. The number of benzene rings is 1. The van der Waals surface area contributed by atoms with E-state index in [0.717, 1.165) is 44.6 Å². The topological polar surface area (TPSA) is 43.8 Å². The summed E-state index contributed by atoms with van der Waals surface area (Å²) in [5.41, 5.74) is 0.817. The van der Waals surface area contributed by atoms with Gasteiger partial charge in [0.25, 0.3) is 0 Å². The quantitative estimate of drug-likeness (QED) is 0.930. The normalized spacial score (nSPS) is 24.8. The molecule has 2 heterocycles. The second-order valence-electron chi connectivity index (χ2n) is 5.91. The SMILES string of the molecule is O=C1C(N2CCC(CO)CC2)CCN1c1ccccc1Cl. The minimum atomic E-state index is -0.0269. The number of aliphatic hydroxyl groups excluding tert-OH is 1. The average Bonchev–Trinajstić information content (AvgIpc) is 2.89. The molecule has 4 nitrogen and oxygen atoms in total. The highest BCUT2D eigenvalue weighted by molar-refractivity contribution is 6.33. The van der Waals surface area contributed by atoms with Crippen molar-refractivity contribution in [1.29, 1.82) is 0 Å². The molecular weight excluding hydrogens is 288 g/mol. The van der Waals surface area contributed by atoms with Crippen LogP contribution in [0.3, 0.4) is 0 Å². The first kappa shape index (κ1) is 14.8. The number of carbonyl (C=O) groups excluding carboxylic acids is 1. The fourth-order valence-electron chi connectivity index (χ4n) is 3.36. The summed E-state index contributed by atoms with van der Waals surface area (Å²) in [6.07, 6.45) is 2.81. The third-order valence-electron chi connectivity index (χ3n) is 4.67. The van der Waals surface area contributed by atoms with Gasteiger partial charge in [-0.05, 0) is 50.4 Å². The van der Waals surface area contributed by atoms with Crippen molar-refractivity contribution in [3.05, 3.63) is 29.3 Å². The molecule has 21 heavy (non-hydrogen) atoms. The maximum absolute atomic E-state index is 12.7. The van der Waals surface area contributed by atoms with E-state index in [0.29, 0.717) is 10.9 Å². The van der Waals surface area contributed by atoms with Gasteiger partial charge in [-0.25, -0.2) is 0 Å². The molecule has 1 aromatic rings. The molecule has 5 heteroatoms. The summed E-state index contributed by atoms with van der Waals surface area (Å²) in [6.45, 7) is 2.79. The van der Waals surface area contributed by atoms with Gasteiger partial charge in [-0.2, -0.15) is 0 Å². The first-order valence-electron chi connectivity index (χ1n) is 7.61. The molecule has 1 unspecified atom stereocenters. The highest BCUT2D eigenvalue weighted by Gasteiger charge is 2.38. The van der Waals surface area contributed by atoms with Crippen molar-refractivity contribution in [3.8, 4) is 0 Å². The van der Waals surface area contributed by atoms with E-state index in [1.807, 2.05) is 29.2 Å². The van der Waals surface area contributed by atoms with Crippen LogP contribution in [0, 0.1) is 5.92 Å². The van der Waals surface area contributed by atoms with Crippen LogP contribution in [0.2, 0.25) is 5.02 Å². The van der Waals surface area contributed by atoms with E-state index in [1.54, 1.807) is 0 Å². The minimum Gasteiger partial charge on any atom is -0.396 e. The number of carbonyl (C=O) groups is 1. The number of likely N-dealkylation sites (tertiary alicyclic amines) is 1. The molecule has 1 atom stereocenters. The number of hydrogen-bond acceptors (Lipinski definition) is 3. The maximum Gasteiger partial charge on any atom is 0.244 e. The molecule has 3 rings (SSSR count). The molecule has 2 fully saturated rings. The van der Waals surface area contributed by atoms with Crippen LogP contribution >= 0.6 is 11.6 Å². The number of anilines is 1. The van der Waals surface area contributed by atoms with Crippen molar-refractivity contribution in [2.45, 2.75) is 25.3 Å². The lowest BCUT2D eigenvalue weighted by Crippen LogP contribution is -2.46. The van der Waals surface area contributed by atoms with Crippen LogP contribution < -0.4 is 4.90 Å². The molecule has 0 spiro atoms. The van der Waals surface area contributed by atoms with Crippen LogP contribution in [0.25, 0.3) is 0 Å². The first-order chi connectivity index (χ1) is 10.2. The number of amides is 1. The predicted molar refractivity (Wildman–Crippen MR) is 83.6 cm³/mol. The van der Waals surface area contributed by atoms with Gasteiger partial charge in [0.05, 0.1) is 16.8 Å². The van der Waals surface area contributed by atoms with Gasteiger partial charge in [0, 0.05) is 13.2 Å². The van der Waals surface area contributed by atoms with Crippen LogP contribution in [-0.4, -0.2) is 48.2 Å². The molecule has 0 aromatic heterocycles. The Bertz CT molecular complexity index is 515. The standard InChI is InChI=1S/C16H21ClN2O2/c17-13-3-1-2-4-14(13)19-10-7-15(16(19)21)18-8-5-12(11-20)6-9-18/h1-4,12,15,20H,5-11H2. The van der Waals surface area contributed by atoms with Crippen molar-refractivity contribution in [3.63, 3.8) is 0 Å². The fourth-order valence-corrected chi connectivity index (χ4v) is 3.60. The highest BCUT2D eigenvalue weighted by atomic mass is 35.5. The predicted octanol–water partition coefficient (Wildman–Crippen LogP) is 2.15. The monoisotopic (exact) mass is 308 g/mol. The Hall–Kier alpha value is -1.10. The number of rotatable bonds is 3. The Labute approximate surface area is 130 Å². The van der Waals surface area contributed by atoms with Gasteiger partial charge < -0.3 is 10.0 Å². The van der Waals surface area contributed by atoms with Crippen molar-refractivity contribution in [2.24, 2.45) is 5.92 Å². The number of piperidine rings is 1. The molecule has 0 saturated carbocycles. The Morgan fingerprint density at radius 2 is 1.86 bits per heavy atom. The summed E-state index contributed by atoms with van der Waals surface area (Å²) < 4.78 is 0. The Morgan fingerprint density at radius 1 is 1.14 bits per heavy atom. The van der Waals surface area contributed by atoms with Gasteiger partial charge in [-0.15, -0.1) is 0 Å². The van der Waals surface area contributed by atoms with E-state index in [2.05, 4.69) is 4.90 Å². The van der Waals surface area contributed by atoms with Gasteiger partial charge >= 0.3 is 0 Å². The lowest BCUT2D eigenvalue weighted by Gasteiger charge is -2.34. The van der Waals surface area contributed by atoms with E-state index in [1.165, 1.54) is 0 Å². The summed E-state index contributed by atoms with van der Waals surface area (Å²) in [4.78, 5) is 16.8. The molecule has 0 aliphatic carbocycles. The van der Waals surface area contributed by atoms with Crippen molar-refractivity contribution < 1.29 is 9.90 Å². The number of aliphatic hydroxyl groups is 1. The van der Waals surface area contributed by atoms with E-state index < -0.39 is 0 Å². The first-order valence-corrected chi connectivity index (χ1v) is 7.99. The van der Waals surface area contributed by atoms with Crippen LogP contribution in [0.4, 0.5) is 5.69 Å². The Balaban J connectivity index is 1.68. The van der Waals surface area contributed by atoms with E-state index in [9.17, 15) is 9.90 Å². The molecule has 2 saturated heterocycles. The van der Waals surface area contributed by atoms with E-state index in [-0.39, 0.29) is 18.6 Å². The van der Waals surface area contributed by atoms with Crippen molar-refractivity contribution in [1.82, 2.24) is 4.90 Å². The van der Waals surface area contributed by atoms with Gasteiger partial charge in [-0.3, -0.25) is 9.69 Å². The highest BCUT2D eigenvalue weighted by Crippen LogP contribution is 2.31. The van der Waals surface area contributed by atoms with Crippen molar-refractivity contribution in [2.75, 3.05) is 31.1 Å². The molecule has 1 amide bonds. The molecule has 1 aromatic carbocycles. The lowest BCUT2D eigenvalue weighted by atomic mass is 9.96. The summed E-state index contributed by atoms with van der Waals surface area (Å²) >= 11 is 6.21. The number of para-hydroxylation sites is 1. The summed E-state index contributed by atoms with van der Waals surface area (Å²) in [5.74, 6) is 0.558. The lowest BCUT2D eigenvalue weighted by molar-refractivity contribution is -0.122. The largest absolute Gasteiger partial charge is 0.396 e. The average molecular weight is 309 g/mol.